The predicted molar refractivity (Wildman–Crippen MR) is 92.4 cm³/mol. The molecule has 1 aliphatic carbocycles. The Labute approximate surface area is 154 Å². The molecule has 1 saturated carbocycles. The van der Waals surface area contributed by atoms with Crippen molar-refractivity contribution in [3.8, 4) is 0 Å². The summed E-state index contributed by atoms with van der Waals surface area (Å²) < 4.78 is 39.7. The standard InChI is InChI=1S/C18H14FN3O4S/c19-12-7-10-5-6-21(16(10)20-9-12)17(23)11-1-4-14-15(8-11)27(25,26)22(18(14)24)13-2-3-13/h1,4,7-9,13H,2-3,5-6H2. The van der Waals surface area contributed by atoms with Crippen LogP contribution in [0.3, 0.4) is 0 Å². The summed E-state index contributed by atoms with van der Waals surface area (Å²) in [5, 5.41) is 0. The zero-order valence-corrected chi connectivity index (χ0v) is 14.9. The van der Waals surface area contributed by atoms with Crippen LogP contribution in [0.4, 0.5) is 10.2 Å². The van der Waals surface area contributed by atoms with Gasteiger partial charge in [0, 0.05) is 18.2 Å². The van der Waals surface area contributed by atoms with E-state index in [1.165, 1.54) is 29.2 Å². The van der Waals surface area contributed by atoms with Crippen LogP contribution in [0.5, 0.6) is 0 Å². The maximum absolute atomic E-state index is 13.3. The van der Waals surface area contributed by atoms with Gasteiger partial charge in [-0.15, -0.1) is 0 Å². The summed E-state index contributed by atoms with van der Waals surface area (Å²) in [6.07, 6.45) is 2.85. The predicted octanol–water partition coefficient (Wildman–Crippen LogP) is 1.73. The summed E-state index contributed by atoms with van der Waals surface area (Å²) in [5.41, 5.74) is 0.884. The molecule has 1 aromatic heterocycles. The highest BCUT2D eigenvalue weighted by atomic mass is 32.2. The first-order valence-electron chi connectivity index (χ1n) is 8.57. The second kappa shape index (κ2) is 5.35. The molecule has 2 aromatic rings. The number of halogens is 1. The van der Waals surface area contributed by atoms with Gasteiger partial charge >= 0.3 is 0 Å². The summed E-state index contributed by atoms with van der Waals surface area (Å²) in [7, 11) is -3.93. The van der Waals surface area contributed by atoms with Crippen LogP contribution in [0.1, 0.15) is 39.1 Å². The fraction of sp³-hybridized carbons (Fsp3) is 0.278. The summed E-state index contributed by atoms with van der Waals surface area (Å²) >= 11 is 0. The highest BCUT2D eigenvalue weighted by Gasteiger charge is 2.49. The van der Waals surface area contributed by atoms with Crippen molar-refractivity contribution in [2.75, 3.05) is 11.4 Å². The topological polar surface area (TPSA) is 87.7 Å². The van der Waals surface area contributed by atoms with Gasteiger partial charge in [-0.3, -0.25) is 14.5 Å². The number of amides is 2. The van der Waals surface area contributed by atoms with Gasteiger partial charge < -0.3 is 0 Å². The quantitative estimate of drug-likeness (QED) is 0.783. The van der Waals surface area contributed by atoms with Crippen LogP contribution in [0.15, 0.2) is 35.4 Å². The van der Waals surface area contributed by atoms with Crippen molar-refractivity contribution in [1.82, 2.24) is 9.29 Å². The SMILES string of the molecule is O=C(c1ccc2c(c1)S(=O)(=O)N(C1CC1)C2=O)N1CCc2cc(F)cnc21. The molecule has 7 nitrogen and oxygen atoms in total. The molecule has 0 unspecified atom stereocenters. The lowest BCUT2D eigenvalue weighted by atomic mass is 10.1. The van der Waals surface area contributed by atoms with Crippen LogP contribution >= 0.6 is 0 Å². The Morgan fingerprint density at radius 3 is 2.74 bits per heavy atom. The third-order valence-corrected chi connectivity index (χ3v) is 6.97. The van der Waals surface area contributed by atoms with Crippen LogP contribution < -0.4 is 4.90 Å². The number of sulfonamides is 1. The van der Waals surface area contributed by atoms with Gasteiger partial charge in [0.25, 0.3) is 21.8 Å². The number of fused-ring (bicyclic) bond motifs is 2. The van der Waals surface area contributed by atoms with Crippen LogP contribution in [-0.2, 0) is 16.4 Å². The first-order chi connectivity index (χ1) is 12.9. The highest BCUT2D eigenvalue weighted by Crippen LogP contribution is 2.40. The highest BCUT2D eigenvalue weighted by molar-refractivity contribution is 7.90. The molecule has 1 fully saturated rings. The zero-order valence-electron chi connectivity index (χ0n) is 14.1. The Balaban J connectivity index is 1.53. The molecule has 0 N–H and O–H groups in total. The number of anilines is 1. The maximum atomic E-state index is 13.3. The van der Waals surface area contributed by atoms with Crippen LogP contribution in [0.25, 0.3) is 0 Å². The number of hydrogen-bond acceptors (Lipinski definition) is 5. The Morgan fingerprint density at radius 2 is 2.00 bits per heavy atom. The fourth-order valence-electron chi connectivity index (χ4n) is 3.64. The van der Waals surface area contributed by atoms with Gasteiger partial charge in [0.15, 0.2) is 0 Å². The second-order valence-corrected chi connectivity index (χ2v) is 8.67. The summed E-state index contributed by atoms with van der Waals surface area (Å²) in [4.78, 5) is 30.6. The van der Waals surface area contributed by atoms with Crippen molar-refractivity contribution < 1.29 is 22.4 Å². The lowest BCUT2D eigenvalue weighted by Crippen LogP contribution is -2.32. The summed E-state index contributed by atoms with van der Waals surface area (Å²) in [5.74, 6) is -1.05. The van der Waals surface area contributed by atoms with Gasteiger partial charge in [-0.1, -0.05) is 0 Å². The van der Waals surface area contributed by atoms with E-state index in [0.717, 1.165) is 10.5 Å². The second-order valence-electron chi connectivity index (χ2n) is 6.89. The molecule has 0 atom stereocenters. The lowest BCUT2D eigenvalue weighted by molar-refractivity contribution is 0.0864. The number of carbonyl (C=O) groups is 2. The van der Waals surface area contributed by atoms with Gasteiger partial charge in [0.05, 0.1) is 11.8 Å². The minimum absolute atomic E-state index is 0.0977. The minimum atomic E-state index is -3.93. The first-order valence-corrected chi connectivity index (χ1v) is 10.0. The minimum Gasteiger partial charge on any atom is -0.292 e. The van der Waals surface area contributed by atoms with Crippen LogP contribution in [0.2, 0.25) is 0 Å². The monoisotopic (exact) mass is 387 g/mol. The lowest BCUT2D eigenvalue weighted by Gasteiger charge is -2.16. The smallest absolute Gasteiger partial charge is 0.269 e. The van der Waals surface area contributed by atoms with Gasteiger partial charge in [0.1, 0.15) is 16.5 Å². The first kappa shape index (κ1) is 16.4. The van der Waals surface area contributed by atoms with Gasteiger partial charge in [-0.2, -0.15) is 0 Å². The van der Waals surface area contributed by atoms with Crippen LogP contribution in [-0.4, -0.2) is 42.1 Å². The number of benzene rings is 1. The van der Waals surface area contributed by atoms with Crippen molar-refractivity contribution >= 4 is 27.7 Å². The van der Waals surface area contributed by atoms with E-state index in [1.807, 2.05) is 0 Å². The molecule has 1 aromatic carbocycles. The number of aromatic nitrogens is 1. The molecule has 0 radical (unpaired) electrons. The molecule has 0 spiro atoms. The Hall–Kier alpha value is -2.81. The molecule has 27 heavy (non-hydrogen) atoms. The average Bonchev–Trinajstić information content (AvgIpc) is 3.34. The Kier molecular flexibility index (Phi) is 3.24. The average molecular weight is 387 g/mol. The molecule has 3 aliphatic rings. The number of carbonyl (C=O) groups excluding carboxylic acids is 2. The number of rotatable bonds is 2. The Morgan fingerprint density at radius 1 is 1.22 bits per heavy atom. The molecular formula is C18H14FN3O4S. The van der Waals surface area contributed by atoms with Crippen molar-refractivity contribution in [2.24, 2.45) is 0 Å². The van der Waals surface area contributed by atoms with Gasteiger partial charge in [-0.05, 0) is 49.1 Å². The zero-order chi connectivity index (χ0) is 18.9. The fourth-order valence-corrected chi connectivity index (χ4v) is 5.48. The molecule has 0 saturated heterocycles. The van der Waals surface area contributed by atoms with Crippen molar-refractivity contribution in [3.05, 3.63) is 53.0 Å². The van der Waals surface area contributed by atoms with Crippen molar-refractivity contribution in [3.63, 3.8) is 0 Å². The molecule has 3 heterocycles. The number of nitrogens with zero attached hydrogens (tertiary/aromatic N) is 3. The third kappa shape index (κ3) is 2.31. The van der Waals surface area contributed by atoms with Crippen molar-refractivity contribution in [2.45, 2.75) is 30.2 Å². The van der Waals surface area contributed by atoms with E-state index < -0.39 is 27.7 Å². The van der Waals surface area contributed by atoms with Crippen molar-refractivity contribution in [1.29, 1.82) is 0 Å². The van der Waals surface area contributed by atoms with E-state index in [4.69, 9.17) is 0 Å². The maximum Gasteiger partial charge on any atom is 0.269 e. The van der Waals surface area contributed by atoms with Gasteiger partial charge in [0.2, 0.25) is 0 Å². The van der Waals surface area contributed by atoms with E-state index in [-0.39, 0.29) is 22.1 Å². The molecule has 138 valence electrons. The molecule has 2 aliphatic heterocycles. The van der Waals surface area contributed by atoms with E-state index in [0.29, 0.717) is 37.2 Å². The van der Waals surface area contributed by atoms with E-state index in [9.17, 15) is 22.4 Å². The van der Waals surface area contributed by atoms with Gasteiger partial charge in [-0.25, -0.2) is 22.1 Å². The summed E-state index contributed by atoms with van der Waals surface area (Å²) in [6, 6.07) is 5.16. The summed E-state index contributed by atoms with van der Waals surface area (Å²) in [6.45, 7) is 0.335. The molecule has 2 amide bonds. The van der Waals surface area contributed by atoms with Crippen LogP contribution in [0, 0.1) is 5.82 Å². The van der Waals surface area contributed by atoms with E-state index in [1.54, 1.807) is 0 Å². The van der Waals surface area contributed by atoms with E-state index in [2.05, 4.69) is 4.98 Å². The normalized spacial score (nSPS) is 20.0. The van der Waals surface area contributed by atoms with E-state index >= 15 is 0 Å². The molecule has 5 rings (SSSR count). The molecular weight excluding hydrogens is 373 g/mol. The Bertz CT molecular complexity index is 1130. The largest absolute Gasteiger partial charge is 0.292 e. The third-order valence-electron chi connectivity index (χ3n) is 5.09. The number of pyridine rings is 1. The molecule has 9 heteroatoms. The molecule has 0 bridgehead atoms. The number of hydrogen-bond donors (Lipinski definition) is 0.